The maximum absolute atomic E-state index is 13.1. The minimum atomic E-state index is -0.418. The lowest BCUT2D eigenvalue weighted by atomic mass is 9.76. The Morgan fingerprint density at radius 1 is 0.971 bits per heavy atom. The first-order valence-corrected chi connectivity index (χ1v) is 12.6. The summed E-state index contributed by atoms with van der Waals surface area (Å²) in [6, 6.07) is 12.5. The van der Waals surface area contributed by atoms with E-state index in [0.29, 0.717) is 48.2 Å². The van der Waals surface area contributed by atoms with Gasteiger partial charge in [0.2, 0.25) is 11.8 Å². The second-order valence-electron chi connectivity index (χ2n) is 9.96. The summed E-state index contributed by atoms with van der Waals surface area (Å²) in [7, 11) is 0. The molecule has 2 aliphatic heterocycles. The van der Waals surface area contributed by atoms with Crippen molar-refractivity contribution in [1.82, 2.24) is 4.90 Å². The quantitative estimate of drug-likeness (QED) is 0.344. The zero-order valence-electron chi connectivity index (χ0n) is 19.7. The molecule has 3 aliphatic rings. The van der Waals surface area contributed by atoms with E-state index in [1.807, 2.05) is 29.2 Å². The topological polar surface area (TPSA) is 87.0 Å². The number of hydrogen-bond acceptors (Lipinski definition) is 6. The normalized spacial score (nSPS) is 25.1. The van der Waals surface area contributed by atoms with E-state index in [1.165, 1.54) is 16.5 Å². The Kier molecular flexibility index (Phi) is 6.51. The molecule has 2 aromatic carbocycles. The molecule has 0 N–H and O–H groups in total. The van der Waals surface area contributed by atoms with Crippen molar-refractivity contribution in [2.24, 2.45) is 17.8 Å². The summed E-state index contributed by atoms with van der Waals surface area (Å²) in [6.45, 7) is 5.74. The van der Waals surface area contributed by atoms with Crippen molar-refractivity contribution in [2.45, 2.75) is 32.7 Å². The van der Waals surface area contributed by atoms with Gasteiger partial charge in [0.05, 0.1) is 22.4 Å². The van der Waals surface area contributed by atoms with Crippen LogP contribution in [0.3, 0.4) is 0 Å². The summed E-state index contributed by atoms with van der Waals surface area (Å²) in [4.78, 5) is 43.2. The highest BCUT2D eigenvalue weighted by atomic mass is 35.5. The Morgan fingerprint density at radius 2 is 1.66 bits per heavy atom. The highest BCUT2D eigenvalue weighted by Gasteiger charge is 2.50. The van der Waals surface area contributed by atoms with Crippen LogP contribution < -0.4 is 9.80 Å². The number of halogens is 1. The van der Waals surface area contributed by atoms with Crippen LogP contribution in [-0.4, -0.2) is 47.8 Å². The molecule has 8 nitrogen and oxygen atoms in total. The number of nitrogens with zero attached hydrogens (tertiary/aromatic N) is 4. The van der Waals surface area contributed by atoms with E-state index in [0.717, 1.165) is 26.1 Å². The molecule has 5 rings (SSSR count). The van der Waals surface area contributed by atoms with E-state index in [-0.39, 0.29) is 29.3 Å². The van der Waals surface area contributed by atoms with Gasteiger partial charge in [-0.2, -0.15) is 0 Å². The van der Waals surface area contributed by atoms with Gasteiger partial charge in [0.1, 0.15) is 5.69 Å². The van der Waals surface area contributed by atoms with Gasteiger partial charge >= 0.3 is 0 Å². The zero-order chi connectivity index (χ0) is 24.7. The predicted octanol–water partition coefficient (Wildman–Crippen LogP) is 4.50. The number of piperazine rings is 1. The van der Waals surface area contributed by atoms with Gasteiger partial charge in [-0.15, -0.1) is 0 Å². The van der Waals surface area contributed by atoms with Gasteiger partial charge in [-0.3, -0.25) is 24.6 Å². The van der Waals surface area contributed by atoms with Gasteiger partial charge in [-0.25, -0.2) is 4.90 Å². The van der Waals surface area contributed by atoms with Crippen LogP contribution in [0.1, 0.15) is 31.7 Å². The molecule has 2 saturated heterocycles. The van der Waals surface area contributed by atoms with Crippen LogP contribution in [0.5, 0.6) is 0 Å². The number of carbonyl (C=O) groups excluding carboxylic acids is 2. The van der Waals surface area contributed by atoms with E-state index in [9.17, 15) is 19.7 Å². The molecule has 0 aromatic heterocycles. The molecule has 2 aromatic rings. The smallest absolute Gasteiger partial charge is 0.294 e. The van der Waals surface area contributed by atoms with Crippen molar-refractivity contribution in [2.75, 3.05) is 36.0 Å². The monoisotopic (exact) mass is 496 g/mol. The van der Waals surface area contributed by atoms with Gasteiger partial charge in [-0.05, 0) is 55.0 Å². The summed E-state index contributed by atoms with van der Waals surface area (Å²) in [5.41, 5.74) is 1.93. The highest BCUT2D eigenvalue weighted by molar-refractivity contribution is 6.30. The van der Waals surface area contributed by atoms with Crippen LogP contribution in [0.4, 0.5) is 17.1 Å². The van der Waals surface area contributed by atoms with Crippen molar-refractivity contribution in [3.63, 3.8) is 0 Å². The van der Waals surface area contributed by atoms with Crippen LogP contribution in [0.2, 0.25) is 5.02 Å². The molecular weight excluding hydrogens is 468 g/mol. The largest absolute Gasteiger partial charge is 0.363 e. The van der Waals surface area contributed by atoms with Crippen molar-refractivity contribution in [3.05, 3.63) is 63.2 Å². The zero-order valence-corrected chi connectivity index (χ0v) is 20.5. The van der Waals surface area contributed by atoms with Crippen molar-refractivity contribution < 1.29 is 14.5 Å². The standard InChI is InChI=1S/C26H29ClN4O4/c1-17-2-8-21-22(14-17)26(33)30(25(21)32)20-7-9-23(24(15-20)31(34)35)29-12-10-28(11-13-29)16-18-3-5-19(27)6-4-18/h3-7,9,15,17,21-22H,2,8,10-14,16H2,1H3/t17-,21+,22-/m1/s1. The Labute approximate surface area is 209 Å². The molecule has 3 fully saturated rings. The Hall–Kier alpha value is -2.97. The number of nitro benzene ring substituents is 1. The molecule has 2 heterocycles. The molecule has 1 saturated carbocycles. The first-order valence-electron chi connectivity index (χ1n) is 12.2. The summed E-state index contributed by atoms with van der Waals surface area (Å²) in [5, 5.41) is 12.7. The molecule has 0 unspecified atom stereocenters. The van der Waals surface area contributed by atoms with Crippen LogP contribution in [-0.2, 0) is 16.1 Å². The van der Waals surface area contributed by atoms with Gasteiger partial charge in [-0.1, -0.05) is 30.7 Å². The predicted molar refractivity (Wildman–Crippen MR) is 135 cm³/mol. The van der Waals surface area contributed by atoms with E-state index >= 15 is 0 Å². The van der Waals surface area contributed by atoms with E-state index in [1.54, 1.807) is 12.1 Å². The van der Waals surface area contributed by atoms with Crippen LogP contribution in [0.15, 0.2) is 42.5 Å². The fraction of sp³-hybridized carbons (Fsp3) is 0.462. The molecule has 184 valence electrons. The van der Waals surface area contributed by atoms with E-state index in [2.05, 4.69) is 11.8 Å². The third kappa shape index (κ3) is 4.65. The summed E-state index contributed by atoms with van der Waals surface area (Å²) in [6.07, 6.45) is 2.33. The highest BCUT2D eigenvalue weighted by Crippen LogP contribution is 2.43. The van der Waals surface area contributed by atoms with Crippen molar-refractivity contribution >= 4 is 40.5 Å². The lowest BCUT2D eigenvalue weighted by Crippen LogP contribution is -2.46. The number of carbonyl (C=O) groups is 2. The number of imide groups is 1. The molecule has 1 aliphatic carbocycles. The third-order valence-corrected chi connectivity index (χ3v) is 7.89. The van der Waals surface area contributed by atoms with E-state index < -0.39 is 4.92 Å². The third-order valence-electron chi connectivity index (χ3n) is 7.63. The maximum atomic E-state index is 13.1. The van der Waals surface area contributed by atoms with Gasteiger partial charge < -0.3 is 4.90 Å². The van der Waals surface area contributed by atoms with Gasteiger partial charge in [0, 0.05) is 43.8 Å². The molecule has 0 radical (unpaired) electrons. The second kappa shape index (κ2) is 9.59. The maximum Gasteiger partial charge on any atom is 0.294 e. The van der Waals surface area contributed by atoms with Gasteiger partial charge in [0.15, 0.2) is 0 Å². The second-order valence-corrected chi connectivity index (χ2v) is 10.4. The fourth-order valence-corrected chi connectivity index (χ4v) is 5.83. The lowest BCUT2D eigenvalue weighted by molar-refractivity contribution is -0.384. The molecule has 2 amide bonds. The lowest BCUT2D eigenvalue weighted by Gasteiger charge is -2.36. The average molecular weight is 497 g/mol. The fourth-order valence-electron chi connectivity index (χ4n) is 5.70. The first-order chi connectivity index (χ1) is 16.8. The molecule has 0 bridgehead atoms. The molecule has 3 atom stereocenters. The number of rotatable bonds is 5. The molecular formula is C26H29ClN4O4. The van der Waals surface area contributed by atoms with Crippen molar-refractivity contribution in [3.8, 4) is 0 Å². The van der Waals surface area contributed by atoms with Gasteiger partial charge in [0.25, 0.3) is 5.69 Å². The first kappa shape index (κ1) is 23.8. The molecule has 9 heteroatoms. The molecule has 0 spiro atoms. The summed E-state index contributed by atoms with van der Waals surface area (Å²) in [5.74, 6) is -0.637. The number of benzene rings is 2. The van der Waals surface area contributed by atoms with Crippen LogP contribution >= 0.6 is 11.6 Å². The average Bonchev–Trinajstić information content (AvgIpc) is 3.09. The van der Waals surface area contributed by atoms with Crippen LogP contribution in [0.25, 0.3) is 0 Å². The Bertz CT molecular complexity index is 1150. The SMILES string of the molecule is C[C@@H]1CC[C@@H]2C(=O)N(c3ccc(N4CCN(Cc5ccc(Cl)cc5)CC4)c([N+](=O)[O-])c3)C(=O)[C@@H]2C1. The number of fused-ring (bicyclic) bond motifs is 1. The number of anilines is 2. The Morgan fingerprint density at radius 3 is 2.34 bits per heavy atom. The minimum absolute atomic E-state index is 0.0718. The molecule has 35 heavy (non-hydrogen) atoms. The number of nitro groups is 1. The summed E-state index contributed by atoms with van der Waals surface area (Å²) < 4.78 is 0. The van der Waals surface area contributed by atoms with Crippen LogP contribution in [0, 0.1) is 27.9 Å². The van der Waals surface area contributed by atoms with Crippen molar-refractivity contribution in [1.29, 1.82) is 0 Å². The minimum Gasteiger partial charge on any atom is -0.363 e. The Balaban J connectivity index is 1.31. The number of hydrogen-bond donors (Lipinski definition) is 0. The van der Waals surface area contributed by atoms with E-state index in [4.69, 9.17) is 11.6 Å². The summed E-state index contributed by atoms with van der Waals surface area (Å²) >= 11 is 5.97. The number of amides is 2.